The van der Waals surface area contributed by atoms with Gasteiger partial charge >= 0.3 is 5.97 Å². The average molecular weight is 321 g/mol. The Morgan fingerprint density at radius 1 is 1.13 bits per heavy atom. The standard InChI is InChI=1S/C19H31NO3/c1-5-11-18(20(6-2)7-3)19(23-16(4)21)15-22-14-17-12-9-8-10-13-17/h8-10,12-13,18-19H,5-7,11,14-15H2,1-4H3/t18-,19+/m0/s1. The second-order valence-electron chi connectivity index (χ2n) is 5.73. The van der Waals surface area contributed by atoms with Crippen LogP contribution >= 0.6 is 0 Å². The van der Waals surface area contributed by atoms with Crippen molar-refractivity contribution in [3.8, 4) is 0 Å². The molecule has 0 saturated carbocycles. The van der Waals surface area contributed by atoms with Crippen molar-refractivity contribution in [1.29, 1.82) is 0 Å². The van der Waals surface area contributed by atoms with Gasteiger partial charge < -0.3 is 9.47 Å². The van der Waals surface area contributed by atoms with Gasteiger partial charge in [0.05, 0.1) is 13.2 Å². The summed E-state index contributed by atoms with van der Waals surface area (Å²) >= 11 is 0. The molecule has 4 nitrogen and oxygen atoms in total. The third-order valence-corrected chi connectivity index (χ3v) is 4.01. The summed E-state index contributed by atoms with van der Waals surface area (Å²) in [4.78, 5) is 13.8. The van der Waals surface area contributed by atoms with Gasteiger partial charge in [-0.05, 0) is 25.1 Å². The largest absolute Gasteiger partial charge is 0.458 e. The van der Waals surface area contributed by atoms with E-state index in [-0.39, 0.29) is 18.1 Å². The second-order valence-corrected chi connectivity index (χ2v) is 5.73. The number of rotatable bonds is 11. The first-order chi connectivity index (χ1) is 11.1. The number of benzene rings is 1. The van der Waals surface area contributed by atoms with Crippen LogP contribution in [0.3, 0.4) is 0 Å². The lowest BCUT2D eigenvalue weighted by Crippen LogP contribution is -2.47. The SMILES string of the molecule is CCC[C@@H]([C@@H](COCc1ccccc1)OC(C)=O)N(CC)CC. The highest BCUT2D eigenvalue weighted by molar-refractivity contribution is 5.66. The summed E-state index contributed by atoms with van der Waals surface area (Å²) in [6.45, 7) is 10.8. The van der Waals surface area contributed by atoms with Crippen LogP contribution in [0.25, 0.3) is 0 Å². The molecule has 0 saturated heterocycles. The number of carbonyl (C=O) groups excluding carboxylic acids is 1. The van der Waals surface area contributed by atoms with Crippen molar-refractivity contribution < 1.29 is 14.3 Å². The summed E-state index contributed by atoms with van der Waals surface area (Å²) in [5.74, 6) is -0.244. The molecule has 1 rings (SSSR count). The first kappa shape index (κ1) is 19.7. The predicted octanol–water partition coefficient (Wildman–Crippen LogP) is 3.65. The molecule has 23 heavy (non-hydrogen) atoms. The minimum absolute atomic E-state index is 0.203. The van der Waals surface area contributed by atoms with Crippen LogP contribution < -0.4 is 0 Å². The first-order valence-corrected chi connectivity index (χ1v) is 8.65. The maximum atomic E-state index is 11.5. The van der Waals surface area contributed by atoms with Crippen molar-refractivity contribution in [2.75, 3.05) is 19.7 Å². The highest BCUT2D eigenvalue weighted by Gasteiger charge is 2.28. The molecule has 0 bridgehead atoms. The Kier molecular flexibility index (Phi) is 9.57. The Labute approximate surface area is 140 Å². The zero-order valence-electron chi connectivity index (χ0n) is 15.0. The van der Waals surface area contributed by atoms with Gasteiger partial charge in [-0.2, -0.15) is 0 Å². The Hall–Kier alpha value is -1.39. The summed E-state index contributed by atoms with van der Waals surface area (Å²) in [5, 5.41) is 0. The number of esters is 1. The maximum absolute atomic E-state index is 11.5. The van der Waals surface area contributed by atoms with Crippen LogP contribution in [-0.4, -0.2) is 42.7 Å². The molecule has 0 unspecified atom stereocenters. The van der Waals surface area contributed by atoms with Crippen LogP contribution in [-0.2, 0) is 20.9 Å². The number of nitrogens with zero attached hydrogens (tertiary/aromatic N) is 1. The molecule has 1 aromatic rings. The molecule has 0 radical (unpaired) electrons. The Morgan fingerprint density at radius 3 is 2.30 bits per heavy atom. The van der Waals surface area contributed by atoms with Gasteiger partial charge in [-0.1, -0.05) is 57.5 Å². The smallest absolute Gasteiger partial charge is 0.303 e. The lowest BCUT2D eigenvalue weighted by molar-refractivity contribution is -0.154. The van der Waals surface area contributed by atoms with E-state index in [1.165, 1.54) is 6.92 Å². The minimum atomic E-state index is -0.244. The monoisotopic (exact) mass is 321 g/mol. The van der Waals surface area contributed by atoms with Crippen LogP contribution in [0.1, 0.15) is 46.1 Å². The average Bonchev–Trinajstić information content (AvgIpc) is 2.55. The summed E-state index contributed by atoms with van der Waals surface area (Å²) in [6.07, 6.45) is 1.82. The van der Waals surface area contributed by atoms with E-state index in [9.17, 15) is 4.79 Å². The summed E-state index contributed by atoms with van der Waals surface area (Å²) < 4.78 is 11.4. The lowest BCUT2D eigenvalue weighted by atomic mass is 10.0. The van der Waals surface area contributed by atoms with Crippen molar-refractivity contribution in [3.63, 3.8) is 0 Å². The van der Waals surface area contributed by atoms with Crippen LogP contribution in [0.5, 0.6) is 0 Å². The van der Waals surface area contributed by atoms with E-state index < -0.39 is 0 Å². The zero-order chi connectivity index (χ0) is 17.1. The molecule has 0 aliphatic carbocycles. The van der Waals surface area contributed by atoms with Crippen molar-refractivity contribution in [2.24, 2.45) is 0 Å². The molecular weight excluding hydrogens is 290 g/mol. The van der Waals surface area contributed by atoms with E-state index in [2.05, 4.69) is 25.7 Å². The normalized spacial score (nSPS) is 13.8. The molecule has 130 valence electrons. The highest BCUT2D eigenvalue weighted by atomic mass is 16.6. The molecule has 0 aliphatic rings. The van der Waals surface area contributed by atoms with Gasteiger partial charge in [-0.3, -0.25) is 9.69 Å². The van der Waals surface area contributed by atoms with E-state index in [1.807, 2.05) is 30.3 Å². The van der Waals surface area contributed by atoms with Gasteiger partial charge in [0.25, 0.3) is 0 Å². The summed E-state index contributed by atoms with van der Waals surface area (Å²) in [5.41, 5.74) is 1.13. The van der Waals surface area contributed by atoms with Gasteiger partial charge in [-0.15, -0.1) is 0 Å². The zero-order valence-corrected chi connectivity index (χ0v) is 15.0. The summed E-state index contributed by atoms with van der Waals surface area (Å²) in [7, 11) is 0. The van der Waals surface area contributed by atoms with E-state index >= 15 is 0 Å². The van der Waals surface area contributed by atoms with Crippen molar-refractivity contribution in [1.82, 2.24) is 4.90 Å². The van der Waals surface area contributed by atoms with Gasteiger partial charge in [0.15, 0.2) is 0 Å². The van der Waals surface area contributed by atoms with E-state index in [0.717, 1.165) is 31.5 Å². The van der Waals surface area contributed by atoms with Crippen LogP contribution in [0.2, 0.25) is 0 Å². The number of hydrogen-bond acceptors (Lipinski definition) is 4. The molecule has 0 heterocycles. The first-order valence-electron chi connectivity index (χ1n) is 8.65. The van der Waals surface area contributed by atoms with Crippen molar-refractivity contribution >= 4 is 5.97 Å². The lowest BCUT2D eigenvalue weighted by Gasteiger charge is -2.35. The van der Waals surface area contributed by atoms with Gasteiger partial charge in [0.1, 0.15) is 6.10 Å². The molecular formula is C19H31NO3. The molecule has 0 N–H and O–H groups in total. The second kappa shape index (κ2) is 11.2. The predicted molar refractivity (Wildman–Crippen MR) is 93.3 cm³/mol. The Balaban J connectivity index is 2.69. The molecule has 0 spiro atoms. The summed E-state index contributed by atoms with van der Waals surface area (Å²) in [6, 6.07) is 10.3. The molecule has 1 aromatic carbocycles. The van der Waals surface area contributed by atoms with Gasteiger partial charge in [-0.25, -0.2) is 0 Å². The van der Waals surface area contributed by atoms with Crippen LogP contribution in [0.4, 0.5) is 0 Å². The number of likely N-dealkylation sites (N-methyl/N-ethyl adjacent to an activating group) is 1. The van der Waals surface area contributed by atoms with E-state index in [4.69, 9.17) is 9.47 Å². The Bertz CT molecular complexity index is 432. The van der Waals surface area contributed by atoms with E-state index in [0.29, 0.717) is 13.2 Å². The topological polar surface area (TPSA) is 38.8 Å². The van der Waals surface area contributed by atoms with E-state index in [1.54, 1.807) is 0 Å². The molecule has 4 heteroatoms. The minimum Gasteiger partial charge on any atom is -0.458 e. The van der Waals surface area contributed by atoms with Crippen molar-refractivity contribution in [3.05, 3.63) is 35.9 Å². The molecule has 2 atom stereocenters. The fourth-order valence-corrected chi connectivity index (χ4v) is 2.90. The molecule has 0 fully saturated rings. The van der Waals surface area contributed by atoms with Gasteiger partial charge in [0.2, 0.25) is 0 Å². The van der Waals surface area contributed by atoms with Crippen molar-refractivity contribution in [2.45, 2.75) is 59.3 Å². The fraction of sp³-hybridized carbons (Fsp3) is 0.632. The molecule has 0 aliphatic heterocycles. The molecule has 0 amide bonds. The number of ether oxygens (including phenoxy) is 2. The van der Waals surface area contributed by atoms with Crippen LogP contribution in [0.15, 0.2) is 30.3 Å². The third kappa shape index (κ3) is 7.14. The molecule has 0 aromatic heterocycles. The maximum Gasteiger partial charge on any atom is 0.303 e. The fourth-order valence-electron chi connectivity index (χ4n) is 2.90. The van der Waals surface area contributed by atoms with Crippen LogP contribution in [0, 0.1) is 0 Å². The third-order valence-electron chi connectivity index (χ3n) is 4.01. The highest BCUT2D eigenvalue weighted by Crippen LogP contribution is 2.16. The quantitative estimate of drug-likeness (QED) is 0.583. The number of carbonyl (C=O) groups is 1. The van der Waals surface area contributed by atoms with Gasteiger partial charge in [0, 0.05) is 13.0 Å². The Morgan fingerprint density at radius 2 is 1.78 bits per heavy atom. The number of hydrogen-bond donors (Lipinski definition) is 0.